The predicted octanol–water partition coefficient (Wildman–Crippen LogP) is 0.277. The van der Waals surface area contributed by atoms with Crippen molar-refractivity contribution in [3.05, 3.63) is 0 Å². The van der Waals surface area contributed by atoms with Crippen molar-refractivity contribution in [2.45, 2.75) is 6.92 Å². The van der Waals surface area contributed by atoms with Crippen LogP contribution in [0.25, 0.3) is 0 Å². The molecule has 1 nitrogen and oxygen atoms in total. The van der Waals surface area contributed by atoms with Crippen LogP contribution in [0.1, 0.15) is 6.92 Å². The first-order valence-corrected chi connectivity index (χ1v) is 1.93. The van der Waals surface area contributed by atoms with Crippen LogP contribution in [0.15, 0.2) is 0 Å². The van der Waals surface area contributed by atoms with Gasteiger partial charge in [0.2, 0.25) is 0 Å². The van der Waals surface area contributed by atoms with Gasteiger partial charge in [-0.1, -0.05) is 0 Å². The molecule has 0 aromatic heterocycles. The Labute approximate surface area is 69.2 Å². The molecule has 0 rings (SSSR count). The molecule has 3 heteroatoms. The van der Waals surface area contributed by atoms with Crippen molar-refractivity contribution < 1.29 is 37.5 Å². The topological polar surface area (TPSA) is 17.1 Å². The fourth-order valence-electron chi connectivity index (χ4n) is 0. The molecule has 0 aromatic rings. The van der Waals surface area contributed by atoms with Gasteiger partial charge in [0.1, 0.15) is 0 Å². The van der Waals surface area contributed by atoms with Crippen molar-refractivity contribution in [2.24, 2.45) is 0 Å². The SMILES string of the molecule is C[C-]=O.C[S-].[Y]. The van der Waals surface area contributed by atoms with Crippen LogP contribution < -0.4 is 0 Å². The molecule has 6 heavy (non-hydrogen) atoms. The maximum atomic E-state index is 8.68. The summed E-state index contributed by atoms with van der Waals surface area (Å²) >= 11 is 4.08. The van der Waals surface area contributed by atoms with E-state index in [0.717, 1.165) is 0 Å². The molecule has 1 radical (unpaired) electrons. The van der Waals surface area contributed by atoms with Crippen LogP contribution in [0.3, 0.4) is 0 Å². The summed E-state index contributed by atoms with van der Waals surface area (Å²) in [6, 6.07) is 0. The molecule has 0 aliphatic heterocycles. The summed E-state index contributed by atoms with van der Waals surface area (Å²) in [5.41, 5.74) is 0. The van der Waals surface area contributed by atoms with E-state index in [9.17, 15) is 0 Å². The zero-order valence-electron chi connectivity index (χ0n) is 3.89. The minimum atomic E-state index is 0. The van der Waals surface area contributed by atoms with Gasteiger partial charge in [-0.25, -0.2) is 0 Å². The second kappa shape index (κ2) is 35.6. The molecule has 0 bridgehead atoms. The van der Waals surface area contributed by atoms with Crippen molar-refractivity contribution >= 4 is 18.9 Å². The second-order valence-electron chi connectivity index (χ2n) is 0.204. The first kappa shape index (κ1) is 15.7. The van der Waals surface area contributed by atoms with Crippen LogP contribution >= 0.6 is 0 Å². The van der Waals surface area contributed by atoms with Gasteiger partial charge in [-0.05, 0) is 0 Å². The third-order valence-electron chi connectivity index (χ3n) is 0. The summed E-state index contributed by atoms with van der Waals surface area (Å²) in [4.78, 5) is 8.68. The van der Waals surface area contributed by atoms with Crippen LogP contribution in [0.2, 0.25) is 0 Å². The summed E-state index contributed by atoms with van der Waals surface area (Å²) < 4.78 is 0. The third-order valence-corrected chi connectivity index (χ3v) is 0. The fourth-order valence-corrected chi connectivity index (χ4v) is 0. The van der Waals surface area contributed by atoms with Gasteiger partial charge in [0.15, 0.2) is 0 Å². The van der Waals surface area contributed by atoms with Crippen LogP contribution in [0.5, 0.6) is 0 Å². The first-order chi connectivity index (χ1) is 2.41. The van der Waals surface area contributed by atoms with Crippen LogP contribution in [-0.2, 0) is 50.1 Å². The largest absolute Gasteiger partial charge is 0.796 e. The van der Waals surface area contributed by atoms with Crippen LogP contribution in [0.4, 0.5) is 0 Å². The van der Waals surface area contributed by atoms with Crippen molar-refractivity contribution in [3.63, 3.8) is 0 Å². The maximum absolute atomic E-state index is 8.68. The molecule has 0 unspecified atom stereocenters. The first-order valence-electron chi connectivity index (χ1n) is 1.11. The molecule has 0 aromatic carbocycles. The fraction of sp³-hybridized carbons (Fsp3) is 0.667. The zero-order valence-corrected chi connectivity index (χ0v) is 7.55. The molecular weight excluding hydrogens is 173 g/mol. The Morgan fingerprint density at radius 2 is 1.50 bits per heavy atom. The average molecular weight is 179 g/mol. The van der Waals surface area contributed by atoms with E-state index in [1.54, 1.807) is 6.26 Å². The van der Waals surface area contributed by atoms with Crippen LogP contribution in [-0.4, -0.2) is 12.5 Å². The van der Waals surface area contributed by atoms with Crippen LogP contribution in [0, 0.1) is 0 Å². The molecule has 0 atom stereocenters. The monoisotopic (exact) mass is 179 g/mol. The molecule has 0 aliphatic carbocycles. The Morgan fingerprint density at radius 3 is 1.50 bits per heavy atom. The number of hydrogen-bond donors (Lipinski definition) is 0. The Kier molecular flexibility index (Phi) is 93.3. The van der Waals surface area contributed by atoms with Crippen molar-refractivity contribution in [2.75, 3.05) is 6.26 Å². The molecule has 0 heterocycles. The minimum absolute atomic E-state index is 0. The molecule has 0 amide bonds. The molecule has 0 spiro atoms. The van der Waals surface area contributed by atoms with Crippen molar-refractivity contribution in [1.29, 1.82) is 0 Å². The summed E-state index contributed by atoms with van der Waals surface area (Å²) in [6.45, 7) is 1.32. The van der Waals surface area contributed by atoms with E-state index in [4.69, 9.17) is 4.79 Å². The predicted molar refractivity (Wildman–Crippen MR) is 24.7 cm³/mol. The summed E-state index contributed by atoms with van der Waals surface area (Å²) in [5.74, 6) is 0. The molecule has 35 valence electrons. The van der Waals surface area contributed by atoms with E-state index in [2.05, 4.69) is 12.6 Å². The molecule has 0 saturated heterocycles. The second-order valence-corrected chi connectivity index (χ2v) is 0.204. The normalized spacial score (nSPS) is 3.17. The zero-order chi connectivity index (χ0) is 4.71. The van der Waals surface area contributed by atoms with Gasteiger partial charge in [-0.15, -0.1) is 0 Å². The Bertz CT molecular complexity index is 18.3. The molecule has 0 N–H and O–H groups in total. The summed E-state index contributed by atoms with van der Waals surface area (Å²) in [7, 11) is 0. The number of carbonyl (C=O) groups excluding carboxylic acids is 1. The average Bonchev–Trinajstić information content (AvgIpc) is 1.46. The quantitative estimate of drug-likeness (QED) is 0.392. The summed E-state index contributed by atoms with van der Waals surface area (Å²) in [6.07, 6.45) is 3.08. The van der Waals surface area contributed by atoms with Crippen molar-refractivity contribution in [1.82, 2.24) is 0 Å². The van der Waals surface area contributed by atoms with E-state index < -0.39 is 0 Å². The van der Waals surface area contributed by atoms with Gasteiger partial charge in [0.25, 0.3) is 0 Å². The summed E-state index contributed by atoms with van der Waals surface area (Å²) in [5, 5.41) is 0. The third kappa shape index (κ3) is 69.0. The smallest absolute Gasteiger partial charge is 0 e. The van der Waals surface area contributed by atoms with E-state index in [0.29, 0.717) is 0 Å². The van der Waals surface area contributed by atoms with Gasteiger partial charge in [0.05, 0.1) is 0 Å². The number of hydrogen-bond acceptors (Lipinski definition) is 2. The minimum Gasteiger partial charge on any atom is -0.796 e. The Morgan fingerprint density at radius 1 is 1.50 bits per heavy atom. The Balaban J connectivity index is -0.0000000275. The van der Waals surface area contributed by atoms with E-state index in [1.807, 2.05) is 0 Å². The maximum Gasteiger partial charge on any atom is 0 e. The van der Waals surface area contributed by atoms with Gasteiger partial charge in [-0.3, -0.25) is 6.29 Å². The van der Waals surface area contributed by atoms with E-state index in [1.165, 1.54) is 13.2 Å². The van der Waals surface area contributed by atoms with Gasteiger partial charge >= 0.3 is 0 Å². The number of rotatable bonds is 0. The molecular formula is C3H6OSY-2. The van der Waals surface area contributed by atoms with Crippen molar-refractivity contribution in [3.8, 4) is 0 Å². The standard InChI is InChI=1S/C2H3O.CH4S.Y/c1-2-3;1-2;/h1H3;2H,1H3;/q-1;;/p-1. The van der Waals surface area contributed by atoms with E-state index >= 15 is 0 Å². The molecule has 0 fully saturated rings. The van der Waals surface area contributed by atoms with E-state index in [-0.39, 0.29) is 32.7 Å². The van der Waals surface area contributed by atoms with Gasteiger partial charge in [-0.2, -0.15) is 13.2 Å². The Hall–Kier alpha value is 1.12. The van der Waals surface area contributed by atoms with Gasteiger partial charge in [0, 0.05) is 32.7 Å². The molecule has 0 aliphatic rings. The molecule has 0 saturated carbocycles. The van der Waals surface area contributed by atoms with Gasteiger partial charge < -0.3 is 17.4 Å².